The maximum Gasteiger partial charge on any atom is 0.416 e. The van der Waals surface area contributed by atoms with Gasteiger partial charge in [-0.25, -0.2) is 8.78 Å². The fourth-order valence-electron chi connectivity index (χ4n) is 4.78. The molecule has 0 N–H and O–H groups in total. The van der Waals surface area contributed by atoms with E-state index in [-0.39, 0.29) is 36.9 Å². The predicted molar refractivity (Wildman–Crippen MR) is 110 cm³/mol. The third-order valence-corrected chi connectivity index (χ3v) is 6.30. The van der Waals surface area contributed by atoms with Crippen molar-refractivity contribution in [2.75, 3.05) is 13.2 Å². The van der Waals surface area contributed by atoms with E-state index in [9.17, 15) is 17.6 Å². The largest absolute Gasteiger partial charge is 0.490 e. The summed E-state index contributed by atoms with van der Waals surface area (Å²) in [5.74, 6) is -1.59. The van der Waals surface area contributed by atoms with Gasteiger partial charge in [0.25, 0.3) is 0 Å². The van der Waals surface area contributed by atoms with E-state index in [0.717, 1.165) is 30.0 Å². The van der Waals surface area contributed by atoms with Crippen LogP contribution in [0.2, 0.25) is 0 Å². The van der Waals surface area contributed by atoms with Gasteiger partial charge in [-0.1, -0.05) is 29.9 Å². The highest BCUT2D eigenvalue weighted by Gasteiger charge is 2.50. The fourth-order valence-corrected chi connectivity index (χ4v) is 4.78. The molecule has 1 aliphatic carbocycles. The number of ether oxygens (including phenoxy) is 1. The van der Waals surface area contributed by atoms with Gasteiger partial charge in [0.15, 0.2) is 11.6 Å². The van der Waals surface area contributed by atoms with Crippen molar-refractivity contribution in [1.29, 1.82) is 0 Å². The van der Waals surface area contributed by atoms with Crippen LogP contribution in [0.25, 0.3) is 0 Å². The Kier molecular flexibility index (Phi) is 5.97. The molecule has 2 aromatic carbocycles. The van der Waals surface area contributed by atoms with Crippen LogP contribution in [-0.2, 0) is 22.8 Å². The van der Waals surface area contributed by atoms with Gasteiger partial charge in [-0.2, -0.15) is 13.2 Å². The Morgan fingerprint density at radius 3 is 2.53 bits per heavy atom. The van der Waals surface area contributed by atoms with Gasteiger partial charge in [0.1, 0.15) is 12.4 Å². The second-order valence-electron chi connectivity index (χ2n) is 8.21. The molecule has 0 bridgehead atoms. The van der Waals surface area contributed by atoms with Crippen molar-refractivity contribution in [2.24, 2.45) is 11.1 Å². The number of fused-ring (bicyclic) bond motifs is 3. The Morgan fingerprint density at radius 1 is 1.12 bits per heavy atom. The van der Waals surface area contributed by atoms with E-state index in [1.165, 1.54) is 12.1 Å². The van der Waals surface area contributed by atoms with Gasteiger partial charge in [0.05, 0.1) is 17.9 Å². The zero-order valence-electron chi connectivity index (χ0n) is 17.2. The number of oxime groups is 1. The molecular weight excluding hydrogens is 429 g/mol. The number of alkyl halides is 3. The van der Waals surface area contributed by atoms with Gasteiger partial charge in [0, 0.05) is 16.9 Å². The first-order valence-corrected chi connectivity index (χ1v) is 10.3. The molecule has 170 valence electrons. The minimum Gasteiger partial charge on any atom is -0.490 e. The molecule has 0 radical (unpaired) electrons. The molecule has 2 aromatic rings. The van der Waals surface area contributed by atoms with Crippen LogP contribution in [0.1, 0.15) is 36.0 Å². The van der Waals surface area contributed by atoms with Crippen molar-refractivity contribution in [3.8, 4) is 5.75 Å². The summed E-state index contributed by atoms with van der Waals surface area (Å²) in [6.45, 7) is 3.97. The first-order chi connectivity index (χ1) is 15.2. The minimum absolute atomic E-state index is 0.114. The zero-order valence-corrected chi connectivity index (χ0v) is 17.2. The van der Waals surface area contributed by atoms with Crippen LogP contribution >= 0.6 is 0 Å². The Hall–Kier alpha value is -2.90. The molecular formula is C24H22F5NO2. The summed E-state index contributed by atoms with van der Waals surface area (Å²) in [6, 6.07) is 6.93. The molecule has 0 aromatic heterocycles. The number of hydrogen-bond acceptors (Lipinski definition) is 3. The van der Waals surface area contributed by atoms with Gasteiger partial charge >= 0.3 is 6.18 Å². The second kappa shape index (κ2) is 8.56. The summed E-state index contributed by atoms with van der Waals surface area (Å²) in [7, 11) is 0. The first-order valence-electron chi connectivity index (χ1n) is 10.3. The Labute approximate surface area is 182 Å². The summed E-state index contributed by atoms with van der Waals surface area (Å²) in [5, 5.41) is 4.13. The lowest BCUT2D eigenvalue weighted by Gasteiger charge is -2.48. The van der Waals surface area contributed by atoms with Crippen LogP contribution in [0.3, 0.4) is 0 Å². The monoisotopic (exact) mass is 451 g/mol. The van der Waals surface area contributed by atoms with Crippen LogP contribution in [-0.4, -0.2) is 18.9 Å². The lowest BCUT2D eigenvalue weighted by atomic mass is 9.58. The van der Waals surface area contributed by atoms with E-state index >= 15 is 4.39 Å². The van der Waals surface area contributed by atoms with E-state index in [2.05, 4.69) is 11.7 Å². The molecule has 2 aliphatic rings. The smallest absolute Gasteiger partial charge is 0.416 e. The second-order valence-corrected chi connectivity index (χ2v) is 8.21. The van der Waals surface area contributed by atoms with Crippen molar-refractivity contribution in [3.63, 3.8) is 0 Å². The van der Waals surface area contributed by atoms with Crippen molar-refractivity contribution < 1.29 is 31.5 Å². The first kappa shape index (κ1) is 22.3. The lowest BCUT2D eigenvalue weighted by molar-refractivity contribution is -0.137. The Balaban J connectivity index is 1.73. The number of benzene rings is 2. The van der Waals surface area contributed by atoms with Crippen molar-refractivity contribution >= 4 is 5.71 Å². The van der Waals surface area contributed by atoms with Crippen LogP contribution in [0, 0.1) is 17.6 Å². The van der Waals surface area contributed by atoms with Crippen LogP contribution in [0.5, 0.6) is 5.75 Å². The fraction of sp³-hybridized carbons (Fsp3) is 0.375. The van der Waals surface area contributed by atoms with Crippen molar-refractivity contribution in [1.82, 2.24) is 0 Å². The quantitative estimate of drug-likeness (QED) is 0.234. The summed E-state index contributed by atoms with van der Waals surface area (Å²) >= 11 is 0. The van der Waals surface area contributed by atoms with Gasteiger partial charge in [0.2, 0.25) is 0 Å². The number of nitrogens with zero attached hydrogens (tertiary/aromatic N) is 1. The molecule has 3 nitrogen and oxygen atoms in total. The van der Waals surface area contributed by atoms with E-state index in [0.29, 0.717) is 24.8 Å². The van der Waals surface area contributed by atoms with E-state index in [1.807, 2.05) is 0 Å². The van der Waals surface area contributed by atoms with Gasteiger partial charge < -0.3 is 9.57 Å². The SMILES string of the molecule is C=CCO/N=C1/CC[C@@]2(Cc3ccc(C(F)(F)F)cc3)c3c(F)ccc(F)c3OC[C@H]2C1. The van der Waals surface area contributed by atoms with E-state index < -0.39 is 28.8 Å². The number of halogens is 5. The minimum atomic E-state index is -4.44. The molecule has 0 unspecified atom stereocenters. The molecule has 8 heteroatoms. The standard InChI is InChI=1S/C24H22F5NO2/c1-2-11-32-30-18-9-10-23(13-15-3-5-16(6-4-15)24(27,28)29)17(12-18)14-31-22-20(26)8-7-19(25)21(22)23/h2-8,17H,1,9-14H2/b30-18-/t17-,23+/m1/s1. The van der Waals surface area contributed by atoms with Gasteiger partial charge in [-0.15, -0.1) is 0 Å². The van der Waals surface area contributed by atoms with Crippen LogP contribution < -0.4 is 4.74 Å². The maximum absolute atomic E-state index is 15.1. The normalized spacial score (nSPS) is 23.8. The summed E-state index contributed by atoms with van der Waals surface area (Å²) in [6.07, 6.45) is -1.24. The predicted octanol–water partition coefficient (Wildman–Crippen LogP) is 6.22. The molecule has 0 spiro atoms. The molecule has 1 heterocycles. The molecule has 4 rings (SSSR count). The van der Waals surface area contributed by atoms with Crippen LogP contribution in [0.4, 0.5) is 22.0 Å². The topological polar surface area (TPSA) is 30.8 Å². The highest BCUT2D eigenvalue weighted by molar-refractivity contribution is 5.85. The summed E-state index contributed by atoms with van der Waals surface area (Å²) < 4.78 is 74.1. The number of rotatable bonds is 5. The maximum atomic E-state index is 15.1. The van der Waals surface area contributed by atoms with E-state index in [4.69, 9.17) is 9.57 Å². The molecule has 1 saturated carbocycles. The van der Waals surface area contributed by atoms with Crippen molar-refractivity contribution in [2.45, 2.75) is 37.3 Å². The third-order valence-electron chi connectivity index (χ3n) is 6.30. The molecule has 1 fully saturated rings. The lowest BCUT2D eigenvalue weighted by Crippen LogP contribution is -2.49. The highest BCUT2D eigenvalue weighted by atomic mass is 19.4. The Morgan fingerprint density at radius 2 is 1.84 bits per heavy atom. The molecule has 32 heavy (non-hydrogen) atoms. The van der Waals surface area contributed by atoms with Crippen molar-refractivity contribution in [3.05, 3.63) is 77.4 Å². The summed E-state index contributed by atoms with van der Waals surface area (Å²) in [4.78, 5) is 5.20. The summed E-state index contributed by atoms with van der Waals surface area (Å²) in [5.41, 5.74) is -0.0413. The van der Waals surface area contributed by atoms with Gasteiger partial charge in [-0.05, 0) is 55.5 Å². The highest BCUT2D eigenvalue weighted by Crippen LogP contribution is 2.53. The molecule has 0 saturated heterocycles. The third kappa shape index (κ3) is 4.10. The van der Waals surface area contributed by atoms with Crippen LogP contribution in [0.15, 0.2) is 54.2 Å². The zero-order chi connectivity index (χ0) is 22.9. The number of hydrogen-bond donors (Lipinski definition) is 0. The molecule has 2 atom stereocenters. The van der Waals surface area contributed by atoms with Gasteiger partial charge in [-0.3, -0.25) is 0 Å². The van der Waals surface area contributed by atoms with E-state index in [1.54, 1.807) is 6.08 Å². The molecule has 1 aliphatic heterocycles. The molecule has 0 amide bonds. The Bertz CT molecular complexity index is 1030. The average Bonchev–Trinajstić information content (AvgIpc) is 2.76. The average molecular weight is 451 g/mol.